The number of nitrogens with zero attached hydrogens (tertiary/aromatic N) is 2. The third-order valence-electron chi connectivity index (χ3n) is 4.15. The molecule has 2 aromatic carbocycles. The number of amides is 1. The molecule has 0 radical (unpaired) electrons. The lowest BCUT2D eigenvalue weighted by atomic mass is 10.1. The summed E-state index contributed by atoms with van der Waals surface area (Å²) in [7, 11) is 0. The first-order valence-electron chi connectivity index (χ1n) is 8.97. The summed E-state index contributed by atoms with van der Waals surface area (Å²) in [6, 6.07) is 17.0. The molecule has 5 nitrogen and oxygen atoms in total. The average Bonchev–Trinajstić information content (AvgIpc) is 3.44. The number of anilines is 1. The molecule has 4 aromatic rings. The van der Waals surface area contributed by atoms with Crippen molar-refractivity contribution in [1.82, 2.24) is 10.2 Å². The number of carbonyl (C=O) groups is 1. The van der Waals surface area contributed by atoms with Crippen molar-refractivity contribution in [2.45, 2.75) is 16.6 Å². The molecule has 4 rings (SSSR count). The van der Waals surface area contributed by atoms with Crippen molar-refractivity contribution in [3.05, 3.63) is 83.2 Å². The number of benzene rings is 2. The average molecular weight is 461 g/mol. The topological polar surface area (TPSA) is 68.0 Å². The molecule has 10 heteroatoms. The van der Waals surface area contributed by atoms with Crippen molar-refractivity contribution in [3.8, 4) is 10.8 Å². The van der Waals surface area contributed by atoms with Gasteiger partial charge in [-0.15, -0.1) is 21.5 Å². The highest BCUT2D eigenvalue weighted by Crippen LogP contribution is 2.37. The van der Waals surface area contributed by atoms with E-state index in [9.17, 15) is 18.0 Å². The van der Waals surface area contributed by atoms with Crippen LogP contribution >= 0.6 is 23.1 Å². The third kappa shape index (κ3) is 5.15. The summed E-state index contributed by atoms with van der Waals surface area (Å²) in [6.07, 6.45) is -4.50. The molecule has 0 aliphatic heterocycles. The number of hydrogen-bond donors (Lipinski definition) is 1. The maximum Gasteiger partial charge on any atom is 0.416 e. The van der Waals surface area contributed by atoms with Gasteiger partial charge in [0.25, 0.3) is 11.1 Å². The molecule has 2 heterocycles. The Morgan fingerprint density at radius 3 is 2.55 bits per heavy atom. The van der Waals surface area contributed by atoms with Crippen molar-refractivity contribution in [1.29, 1.82) is 0 Å². The second-order valence-electron chi connectivity index (χ2n) is 6.33. The number of rotatable bonds is 6. The van der Waals surface area contributed by atoms with Crippen LogP contribution in [0.1, 0.15) is 16.4 Å². The van der Waals surface area contributed by atoms with Crippen LogP contribution in [-0.2, 0) is 11.0 Å². The second kappa shape index (κ2) is 8.94. The minimum Gasteiger partial charge on any atom is -0.410 e. The first-order chi connectivity index (χ1) is 14.9. The Morgan fingerprint density at radius 2 is 1.84 bits per heavy atom. The standard InChI is InChI=1S/C21H14F3N3O2S2/c22-21(23,24)14-8-4-9-15(12-14)25-18(28)17(13-6-2-1-3-7-13)31-20-27-26-19(29-20)16-10-5-11-30-16/h1-12,17H,(H,25,28). The van der Waals surface area contributed by atoms with Crippen LogP contribution in [0.15, 0.2) is 81.8 Å². The van der Waals surface area contributed by atoms with Crippen LogP contribution in [0.5, 0.6) is 0 Å². The van der Waals surface area contributed by atoms with Crippen molar-refractivity contribution in [2.24, 2.45) is 0 Å². The Hall–Kier alpha value is -3.11. The zero-order valence-electron chi connectivity index (χ0n) is 15.7. The molecule has 0 aliphatic carbocycles. The van der Waals surface area contributed by atoms with Gasteiger partial charge in [0.1, 0.15) is 5.25 Å². The first kappa shape index (κ1) is 21.1. The van der Waals surface area contributed by atoms with Gasteiger partial charge in [-0.2, -0.15) is 13.2 Å². The Morgan fingerprint density at radius 1 is 1.03 bits per heavy atom. The molecule has 0 saturated carbocycles. The molecule has 0 spiro atoms. The van der Waals surface area contributed by atoms with E-state index in [1.807, 2.05) is 17.5 Å². The zero-order valence-corrected chi connectivity index (χ0v) is 17.3. The molecule has 1 atom stereocenters. The van der Waals surface area contributed by atoms with E-state index in [0.717, 1.165) is 28.8 Å². The van der Waals surface area contributed by atoms with Crippen LogP contribution in [-0.4, -0.2) is 16.1 Å². The largest absolute Gasteiger partial charge is 0.416 e. The fraction of sp³-hybridized carbons (Fsp3) is 0.0952. The van der Waals surface area contributed by atoms with Gasteiger partial charge in [0.15, 0.2) is 0 Å². The molecule has 31 heavy (non-hydrogen) atoms. The number of halogens is 3. The van der Waals surface area contributed by atoms with Gasteiger partial charge >= 0.3 is 6.18 Å². The number of alkyl halides is 3. The molecule has 0 aliphatic rings. The Labute approximate surface area is 183 Å². The highest BCUT2D eigenvalue weighted by molar-refractivity contribution is 8.00. The molecule has 1 N–H and O–H groups in total. The fourth-order valence-corrected chi connectivity index (χ4v) is 4.26. The van der Waals surface area contributed by atoms with E-state index >= 15 is 0 Å². The SMILES string of the molecule is O=C(Nc1cccc(C(F)(F)F)c1)C(Sc1nnc(-c2cccs2)o1)c1ccccc1. The number of carbonyl (C=O) groups excluding carboxylic acids is 1. The number of nitrogens with one attached hydrogen (secondary N) is 1. The Balaban J connectivity index is 1.58. The molecular formula is C21H14F3N3O2S2. The van der Waals surface area contributed by atoms with Gasteiger partial charge in [-0.3, -0.25) is 4.79 Å². The van der Waals surface area contributed by atoms with Gasteiger partial charge in [-0.25, -0.2) is 0 Å². The summed E-state index contributed by atoms with van der Waals surface area (Å²) in [4.78, 5) is 13.8. The summed E-state index contributed by atoms with van der Waals surface area (Å²) in [5.41, 5.74) is -0.147. The van der Waals surface area contributed by atoms with Gasteiger partial charge < -0.3 is 9.73 Å². The zero-order chi connectivity index (χ0) is 21.8. The van der Waals surface area contributed by atoms with Crippen LogP contribution in [0.4, 0.5) is 18.9 Å². The maximum atomic E-state index is 13.0. The fourth-order valence-electron chi connectivity index (χ4n) is 2.74. The lowest BCUT2D eigenvalue weighted by Crippen LogP contribution is -2.19. The van der Waals surface area contributed by atoms with Crippen molar-refractivity contribution in [2.75, 3.05) is 5.32 Å². The van der Waals surface area contributed by atoms with E-state index in [4.69, 9.17) is 4.42 Å². The van der Waals surface area contributed by atoms with Crippen LogP contribution in [0, 0.1) is 0 Å². The minimum absolute atomic E-state index is 0.0474. The summed E-state index contributed by atoms with van der Waals surface area (Å²) >= 11 is 2.47. The van der Waals surface area contributed by atoms with Gasteiger partial charge in [0.2, 0.25) is 5.91 Å². The maximum absolute atomic E-state index is 13.0. The molecule has 0 bridgehead atoms. The smallest absolute Gasteiger partial charge is 0.410 e. The number of hydrogen-bond acceptors (Lipinski definition) is 6. The lowest BCUT2D eigenvalue weighted by molar-refractivity contribution is -0.137. The van der Waals surface area contributed by atoms with Crippen molar-refractivity contribution >= 4 is 34.7 Å². The van der Waals surface area contributed by atoms with Gasteiger partial charge in [-0.05, 0) is 47.0 Å². The van der Waals surface area contributed by atoms with E-state index in [-0.39, 0.29) is 10.9 Å². The lowest BCUT2D eigenvalue weighted by Gasteiger charge is -2.16. The quantitative estimate of drug-likeness (QED) is 0.342. The van der Waals surface area contributed by atoms with Gasteiger partial charge in [0.05, 0.1) is 10.4 Å². The van der Waals surface area contributed by atoms with E-state index in [1.165, 1.54) is 23.5 Å². The third-order valence-corrected chi connectivity index (χ3v) is 6.10. The molecular weight excluding hydrogens is 447 g/mol. The van der Waals surface area contributed by atoms with Gasteiger partial charge in [-0.1, -0.05) is 42.5 Å². The summed E-state index contributed by atoms with van der Waals surface area (Å²) in [5.74, 6) is -0.172. The molecule has 0 fully saturated rings. The minimum atomic E-state index is -4.50. The Bertz CT molecular complexity index is 1160. The number of thiophene rings is 1. The number of aromatic nitrogens is 2. The van der Waals surface area contributed by atoms with Crippen LogP contribution in [0.2, 0.25) is 0 Å². The summed E-state index contributed by atoms with van der Waals surface area (Å²) in [6.45, 7) is 0. The van der Waals surface area contributed by atoms with Crippen LogP contribution in [0.25, 0.3) is 10.8 Å². The van der Waals surface area contributed by atoms with Crippen molar-refractivity contribution < 1.29 is 22.4 Å². The molecule has 0 saturated heterocycles. The van der Waals surface area contributed by atoms with Crippen LogP contribution < -0.4 is 5.32 Å². The molecule has 2 aromatic heterocycles. The predicted octanol–water partition coefficient (Wildman–Crippen LogP) is 6.29. The van der Waals surface area contributed by atoms with E-state index in [2.05, 4.69) is 15.5 Å². The van der Waals surface area contributed by atoms with E-state index in [0.29, 0.717) is 11.5 Å². The monoisotopic (exact) mass is 461 g/mol. The molecule has 1 amide bonds. The predicted molar refractivity (Wildman–Crippen MR) is 113 cm³/mol. The number of thioether (sulfide) groups is 1. The highest BCUT2D eigenvalue weighted by atomic mass is 32.2. The second-order valence-corrected chi connectivity index (χ2v) is 8.33. The van der Waals surface area contributed by atoms with E-state index in [1.54, 1.807) is 30.3 Å². The van der Waals surface area contributed by atoms with Gasteiger partial charge in [0, 0.05) is 5.69 Å². The normalized spacial score (nSPS) is 12.5. The van der Waals surface area contributed by atoms with Crippen molar-refractivity contribution in [3.63, 3.8) is 0 Å². The van der Waals surface area contributed by atoms with E-state index < -0.39 is 22.9 Å². The Kier molecular flexibility index (Phi) is 6.10. The summed E-state index contributed by atoms with van der Waals surface area (Å²) < 4.78 is 44.6. The summed E-state index contributed by atoms with van der Waals surface area (Å²) in [5, 5.41) is 11.8. The molecule has 158 valence electrons. The first-order valence-corrected chi connectivity index (χ1v) is 10.7. The van der Waals surface area contributed by atoms with Crippen LogP contribution in [0.3, 0.4) is 0 Å². The highest BCUT2D eigenvalue weighted by Gasteiger charge is 2.31. The molecule has 1 unspecified atom stereocenters.